The maximum absolute atomic E-state index is 12.6. The predicted molar refractivity (Wildman–Crippen MR) is 101 cm³/mol. The summed E-state index contributed by atoms with van der Waals surface area (Å²) < 4.78 is 1.86. The van der Waals surface area contributed by atoms with Gasteiger partial charge in [-0.25, -0.2) is 0 Å². The number of aromatic nitrogens is 1. The van der Waals surface area contributed by atoms with E-state index in [0.717, 1.165) is 5.69 Å². The third-order valence-electron chi connectivity index (χ3n) is 3.67. The molecule has 0 radical (unpaired) electrons. The summed E-state index contributed by atoms with van der Waals surface area (Å²) in [5.74, 6) is -0.961. The highest BCUT2D eigenvalue weighted by molar-refractivity contribution is 7.80. The maximum Gasteiger partial charge on any atom is 0.266 e. The van der Waals surface area contributed by atoms with Gasteiger partial charge in [0.15, 0.2) is 5.11 Å². The summed E-state index contributed by atoms with van der Waals surface area (Å²) in [7, 11) is 0. The number of amides is 2. The molecule has 0 spiro atoms. The predicted octanol–water partition coefficient (Wildman–Crippen LogP) is 2.94. The smallest absolute Gasteiger partial charge is 0.266 e. The molecular weight excluding hydrogens is 358 g/mol. The van der Waals surface area contributed by atoms with Crippen molar-refractivity contribution in [1.82, 2.24) is 14.8 Å². The summed E-state index contributed by atoms with van der Waals surface area (Å²) in [6.45, 7) is 3.83. The van der Waals surface area contributed by atoms with Crippen molar-refractivity contribution in [3.05, 3.63) is 71.5 Å². The second kappa shape index (κ2) is 7.04. The normalized spacial score (nSPS) is 16.3. The van der Waals surface area contributed by atoms with E-state index in [1.807, 2.05) is 35.0 Å². The van der Waals surface area contributed by atoms with E-state index in [0.29, 0.717) is 10.7 Å². The van der Waals surface area contributed by atoms with Crippen molar-refractivity contribution in [2.75, 3.05) is 6.54 Å². The van der Waals surface area contributed by atoms with Crippen molar-refractivity contribution in [3.8, 4) is 5.69 Å². The van der Waals surface area contributed by atoms with Gasteiger partial charge >= 0.3 is 0 Å². The van der Waals surface area contributed by atoms with Crippen LogP contribution >= 0.6 is 23.8 Å². The van der Waals surface area contributed by atoms with Gasteiger partial charge in [-0.05, 0) is 54.7 Å². The molecule has 0 saturated carbocycles. The summed E-state index contributed by atoms with van der Waals surface area (Å²) in [6.07, 6.45) is 4.94. The number of carbonyl (C=O) groups is 2. The molecule has 5 nitrogen and oxygen atoms in total. The van der Waals surface area contributed by atoms with Crippen LogP contribution in [0.3, 0.4) is 0 Å². The van der Waals surface area contributed by atoms with Gasteiger partial charge in [0, 0.05) is 29.1 Å². The monoisotopic (exact) mass is 371 g/mol. The molecular formula is C18H14ClN3O2S. The van der Waals surface area contributed by atoms with Gasteiger partial charge in [0.05, 0.1) is 0 Å². The number of carbonyl (C=O) groups excluding carboxylic acids is 2. The van der Waals surface area contributed by atoms with Gasteiger partial charge in [0.25, 0.3) is 11.8 Å². The fourth-order valence-corrected chi connectivity index (χ4v) is 2.86. The molecule has 1 aliphatic heterocycles. The molecule has 1 aliphatic rings. The van der Waals surface area contributed by atoms with E-state index in [2.05, 4.69) is 11.9 Å². The molecule has 126 valence electrons. The van der Waals surface area contributed by atoms with Crippen LogP contribution in [0.4, 0.5) is 0 Å². The molecule has 0 unspecified atom stereocenters. The van der Waals surface area contributed by atoms with Crippen LogP contribution in [0.15, 0.2) is 60.8 Å². The zero-order chi connectivity index (χ0) is 18.0. The highest BCUT2D eigenvalue weighted by Gasteiger charge is 2.32. The van der Waals surface area contributed by atoms with Crippen LogP contribution in [0.1, 0.15) is 5.69 Å². The van der Waals surface area contributed by atoms with Gasteiger partial charge in [-0.15, -0.1) is 6.58 Å². The van der Waals surface area contributed by atoms with Gasteiger partial charge in [0.1, 0.15) is 5.57 Å². The van der Waals surface area contributed by atoms with Crippen molar-refractivity contribution < 1.29 is 9.59 Å². The Labute approximate surface area is 155 Å². The fourth-order valence-electron chi connectivity index (χ4n) is 2.49. The quantitative estimate of drug-likeness (QED) is 0.389. The van der Waals surface area contributed by atoms with Crippen molar-refractivity contribution in [2.45, 2.75) is 0 Å². The standard InChI is InChI=1S/C18H14ClN3O2S/c1-2-9-22-17(24)15(16(23)20-18(22)25)11-14-4-3-10-21(14)13-7-5-12(19)6-8-13/h2-8,10-11H,1,9H2,(H,20,23,25)/b15-11+. The average Bonchev–Trinajstić information content (AvgIpc) is 3.04. The molecule has 1 fully saturated rings. The van der Waals surface area contributed by atoms with E-state index in [9.17, 15) is 9.59 Å². The zero-order valence-corrected chi connectivity index (χ0v) is 14.7. The second-order valence-corrected chi connectivity index (χ2v) is 6.12. The maximum atomic E-state index is 12.6. The van der Waals surface area contributed by atoms with E-state index in [1.54, 1.807) is 24.3 Å². The first-order chi connectivity index (χ1) is 12.0. The molecule has 25 heavy (non-hydrogen) atoms. The van der Waals surface area contributed by atoms with Crippen LogP contribution in [0.2, 0.25) is 5.02 Å². The van der Waals surface area contributed by atoms with Crippen LogP contribution in [0.25, 0.3) is 11.8 Å². The SMILES string of the molecule is C=CCN1C(=O)/C(=C/c2cccn2-c2ccc(Cl)cc2)C(=O)NC1=S. The zero-order valence-electron chi connectivity index (χ0n) is 13.1. The van der Waals surface area contributed by atoms with E-state index >= 15 is 0 Å². The molecule has 1 aromatic heterocycles. The lowest BCUT2D eigenvalue weighted by molar-refractivity contribution is -0.128. The Hall–Kier alpha value is -2.70. The first kappa shape index (κ1) is 17.1. The minimum absolute atomic E-state index is 0.0179. The Morgan fingerprint density at radius 2 is 1.92 bits per heavy atom. The number of nitrogens with one attached hydrogen (secondary N) is 1. The summed E-state index contributed by atoms with van der Waals surface area (Å²) in [6, 6.07) is 10.9. The van der Waals surface area contributed by atoms with Crippen LogP contribution in [0.5, 0.6) is 0 Å². The summed E-state index contributed by atoms with van der Waals surface area (Å²) in [5.41, 5.74) is 1.57. The van der Waals surface area contributed by atoms with Gasteiger partial charge in [-0.2, -0.15) is 0 Å². The topological polar surface area (TPSA) is 54.3 Å². The molecule has 2 aromatic rings. The number of halogens is 1. The number of nitrogens with zero attached hydrogens (tertiary/aromatic N) is 2. The lowest BCUT2D eigenvalue weighted by Crippen LogP contribution is -2.53. The molecule has 1 N–H and O–H groups in total. The number of thiocarbonyl (C=S) groups is 1. The van der Waals surface area contributed by atoms with E-state index < -0.39 is 11.8 Å². The van der Waals surface area contributed by atoms with Gasteiger partial charge < -0.3 is 4.57 Å². The molecule has 2 heterocycles. The van der Waals surface area contributed by atoms with Gasteiger partial charge in [0.2, 0.25) is 0 Å². The lowest BCUT2D eigenvalue weighted by atomic mass is 10.1. The summed E-state index contributed by atoms with van der Waals surface area (Å²) in [4.78, 5) is 26.1. The molecule has 0 atom stereocenters. The van der Waals surface area contributed by atoms with Crippen molar-refractivity contribution in [2.24, 2.45) is 0 Å². The number of hydrogen-bond donors (Lipinski definition) is 1. The van der Waals surface area contributed by atoms with Crippen LogP contribution in [-0.2, 0) is 9.59 Å². The second-order valence-electron chi connectivity index (χ2n) is 5.30. The largest absolute Gasteiger partial charge is 0.317 e. The van der Waals surface area contributed by atoms with Crippen LogP contribution in [0, 0.1) is 0 Å². The third-order valence-corrected chi connectivity index (χ3v) is 4.25. The molecule has 0 bridgehead atoms. The number of benzene rings is 1. The van der Waals surface area contributed by atoms with Gasteiger partial charge in [-0.1, -0.05) is 17.7 Å². The van der Waals surface area contributed by atoms with Crippen molar-refractivity contribution >= 4 is 46.8 Å². The first-order valence-electron chi connectivity index (χ1n) is 7.44. The minimum atomic E-state index is -0.515. The molecule has 7 heteroatoms. The molecule has 3 rings (SSSR count). The van der Waals surface area contributed by atoms with E-state index in [4.69, 9.17) is 23.8 Å². The molecule has 1 aromatic carbocycles. The Morgan fingerprint density at radius 1 is 1.20 bits per heavy atom. The third kappa shape index (κ3) is 3.40. The Balaban J connectivity index is 2.00. The van der Waals surface area contributed by atoms with E-state index in [1.165, 1.54) is 4.90 Å². The average molecular weight is 372 g/mol. The Kier molecular flexibility index (Phi) is 4.83. The molecule has 1 saturated heterocycles. The minimum Gasteiger partial charge on any atom is -0.317 e. The number of rotatable bonds is 4. The number of hydrogen-bond acceptors (Lipinski definition) is 3. The van der Waals surface area contributed by atoms with Gasteiger partial charge in [-0.3, -0.25) is 19.8 Å². The Bertz CT molecular complexity index is 899. The van der Waals surface area contributed by atoms with Crippen molar-refractivity contribution in [1.29, 1.82) is 0 Å². The summed E-state index contributed by atoms with van der Waals surface area (Å²) >= 11 is 11.0. The fraction of sp³-hybridized carbons (Fsp3) is 0.0556. The molecule has 2 amide bonds. The van der Waals surface area contributed by atoms with Crippen LogP contribution < -0.4 is 5.32 Å². The van der Waals surface area contributed by atoms with Crippen LogP contribution in [-0.4, -0.2) is 32.9 Å². The van der Waals surface area contributed by atoms with E-state index in [-0.39, 0.29) is 17.2 Å². The Morgan fingerprint density at radius 3 is 2.60 bits per heavy atom. The first-order valence-corrected chi connectivity index (χ1v) is 8.23. The molecule has 0 aliphatic carbocycles. The van der Waals surface area contributed by atoms with Crippen molar-refractivity contribution in [3.63, 3.8) is 0 Å². The highest BCUT2D eigenvalue weighted by Crippen LogP contribution is 2.20. The highest BCUT2D eigenvalue weighted by atomic mass is 35.5. The summed E-state index contributed by atoms with van der Waals surface area (Å²) in [5, 5.41) is 3.24. The lowest BCUT2D eigenvalue weighted by Gasteiger charge is -2.27.